The van der Waals surface area contributed by atoms with Crippen molar-refractivity contribution in [3.8, 4) is 11.4 Å². The molecule has 0 amide bonds. The van der Waals surface area contributed by atoms with Gasteiger partial charge in [0.25, 0.3) is 23.8 Å². The lowest BCUT2D eigenvalue weighted by molar-refractivity contribution is 0.403. The van der Waals surface area contributed by atoms with Crippen LogP contribution < -0.4 is 0 Å². The van der Waals surface area contributed by atoms with E-state index in [4.69, 9.17) is 0 Å². The van der Waals surface area contributed by atoms with Crippen LogP contribution in [0.15, 0.2) is 79.1 Å². The number of fused-ring (bicyclic) bond motifs is 2. The van der Waals surface area contributed by atoms with Crippen molar-refractivity contribution in [2.75, 3.05) is 0 Å². The largest absolute Gasteiger partial charge is 0.311 e. The maximum Gasteiger partial charge on any atom is 0.253 e. The zero-order valence-electron chi connectivity index (χ0n) is 23.2. The average molecular weight is 656 g/mol. The van der Waals surface area contributed by atoms with E-state index in [1.54, 1.807) is 0 Å². The molecule has 0 N–H and O–H groups in total. The first-order chi connectivity index (χ1) is 22.5. The lowest BCUT2D eigenvalue weighted by Crippen LogP contribution is -2.10. The van der Waals surface area contributed by atoms with E-state index in [1.807, 2.05) is 0 Å². The summed E-state index contributed by atoms with van der Waals surface area (Å²) in [6.07, 6.45) is 2.00. The zero-order chi connectivity index (χ0) is 33.3. The highest BCUT2D eigenvalue weighted by molar-refractivity contribution is 5.91. The van der Waals surface area contributed by atoms with Crippen LogP contribution in [0.4, 0.5) is 43.9 Å². The van der Waals surface area contributed by atoms with Crippen LogP contribution in [0.1, 0.15) is 22.6 Å². The van der Waals surface area contributed by atoms with E-state index in [2.05, 4.69) is 9.97 Å². The average Bonchev–Trinajstić information content (AvgIpc) is 3.61. The topological polar surface area (TPSA) is 35.6 Å². The van der Waals surface area contributed by atoms with Crippen LogP contribution in [0.2, 0.25) is 0 Å². The van der Waals surface area contributed by atoms with E-state index in [0.717, 1.165) is 39.7 Å². The van der Waals surface area contributed by atoms with Crippen molar-refractivity contribution in [1.29, 1.82) is 0 Å². The van der Waals surface area contributed by atoms with Crippen LogP contribution in [-0.4, -0.2) is 19.1 Å². The second-order valence-electron chi connectivity index (χ2n) is 10.4. The second kappa shape index (κ2) is 11.0. The molecule has 0 aliphatic heterocycles. The fourth-order valence-corrected chi connectivity index (χ4v) is 5.88. The van der Waals surface area contributed by atoms with Crippen molar-refractivity contribution in [3.63, 3.8) is 0 Å². The van der Waals surface area contributed by atoms with Crippen LogP contribution >= 0.6 is 0 Å². The van der Waals surface area contributed by atoms with E-state index in [0.29, 0.717) is 0 Å². The maximum absolute atomic E-state index is 15.7. The molecule has 0 atom stereocenters. The van der Waals surface area contributed by atoms with Gasteiger partial charge in [0.05, 0.1) is 11.0 Å². The third-order valence-corrected chi connectivity index (χ3v) is 7.83. The third kappa shape index (κ3) is 4.54. The van der Waals surface area contributed by atoms with Crippen LogP contribution in [0.3, 0.4) is 0 Å². The molecule has 0 saturated carbocycles. The van der Waals surface area contributed by atoms with Gasteiger partial charge >= 0.3 is 0 Å². The summed E-state index contributed by atoms with van der Waals surface area (Å²) >= 11 is 0. The monoisotopic (exact) mass is 656 g/mol. The summed E-state index contributed by atoms with van der Waals surface area (Å²) < 4.78 is 150. The zero-order valence-corrected chi connectivity index (χ0v) is 23.2. The normalized spacial score (nSPS) is 11.8. The molecule has 47 heavy (non-hydrogen) atoms. The van der Waals surface area contributed by atoms with Crippen molar-refractivity contribution in [1.82, 2.24) is 19.1 Å². The van der Waals surface area contributed by atoms with Gasteiger partial charge < -0.3 is 9.13 Å². The van der Waals surface area contributed by atoms with Gasteiger partial charge in [-0.25, -0.2) is 8.78 Å². The van der Waals surface area contributed by atoms with Crippen LogP contribution in [0, 0.1) is 58.7 Å². The summed E-state index contributed by atoms with van der Waals surface area (Å²) in [4.78, 5) is 5.15. The number of hydrogen-bond acceptors (Lipinski definition) is 2. The molecule has 7 rings (SSSR count). The van der Waals surface area contributed by atoms with Crippen LogP contribution in [-0.2, 0) is 0 Å². The Balaban J connectivity index is 1.62. The molecule has 0 saturated heterocycles. The highest BCUT2D eigenvalue weighted by Crippen LogP contribution is 2.44. The quantitative estimate of drug-likeness (QED) is 0.137. The Hall–Kier alpha value is -5.66. The Morgan fingerprint density at radius 2 is 0.809 bits per heavy atom. The minimum atomic E-state index is -1.96. The van der Waals surface area contributed by atoms with Crippen molar-refractivity contribution in [2.24, 2.45) is 0 Å². The summed E-state index contributed by atoms with van der Waals surface area (Å²) in [6, 6.07) is 14.2. The van der Waals surface area contributed by atoms with E-state index in [-0.39, 0.29) is 32.9 Å². The third-order valence-electron chi connectivity index (χ3n) is 7.83. The Labute approximate surface area is 256 Å². The molecular formula is C33H14F10N4. The molecular weight excluding hydrogens is 642 g/mol. The highest BCUT2D eigenvalue weighted by atomic mass is 19.2. The second-order valence-corrected chi connectivity index (χ2v) is 10.4. The number of para-hydroxylation sites is 2. The molecule has 4 heterocycles. The van der Waals surface area contributed by atoms with Crippen molar-refractivity contribution < 1.29 is 43.9 Å². The molecule has 0 aliphatic rings. The highest BCUT2D eigenvalue weighted by Gasteiger charge is 2.33. The molecule has 0 unspecified atom stereocenters. The number of aromatic nitrogens is 4. The molecule has 4 aromatic heterocycles. The maximum atomic E-state index is 15.7. The number of rotatable bonds is 5. The smallest absolute Gasteiger partial charge is 0.253 e. The number of benzene rings is 3. The van der Waals surface area contributed by atoms with Gasteiger partial charge in [0.2, 0.25) is 23.3 Å². The summed E-state index contributed by atoms with van der Waals surface area (Å²) in [5.41, 5.74) is -3.38. The summed E-state index contributed by atoms with van der Waals surface area (Å²) in [5, 5.41) is 0.179. The molecule has 14 heteroatoms. The fourth-order valence-electron chi connectivity index (χ4n) is 5.88. The Kier molecular flexibility index (Phi) is 7.02. The molecule has 0 radical (unpaired) electrons. The molecule has 236 valence electrons. The first kappa shape index (κ1) is 30.0. The van der Waals surface area contributed by atoms with E-state index < -0.39 is 81.6 Å². The molecule has 3 aromatic carbocycles. The molecule has 4 nitrogen and oxygen atoms in total. The molecule has 0 spiro atoms. The number of halogens is 10. The molecule has 0 fully saturated rings. The Morgan fingerprint density at radius 3 is 1.19 bits per heavy atom. The molecule has 0 bridgehead atoms. The van der Waals surface area contributed by atoms with Crippen molar-refractivity contribution >= 4 is 21.8 Å². The predicted octanol–water partition coefficient (Wildman–Crippen LogP) is 8.94. The predicted molar refractivity (Wildman–Crippen MR) is 149 cm³/mol. The minimum Gasteiger partial charge on any atom is -0.311 e. The van der Waals surface area contributed by atoms with E-state index in [9.17, 15) is 17.6 Å². The summed E-state index contributed by atoms with van der Waals surface area (Å²) in [6.45, 7) is 0. The summed E-state index contributed by atoms with van der Waals surface area (Å²) in [5.74, 6) is -19.1. The van der Waals surface area contributed by atoms with Gasteiger partial charge in [0, 0.05) is 34.6 Å². The number of pyridine rings is 2. The Bertz CT molecular complexity index is 2180. The molecule has 0 aliphatic carbocycles. The van der Waals surface area contributed by atoms with Gasteiger partial charge in [-0.2, -0.15) is 45.1 Å². The summed E-state index contributed by atoms with van der Waals surface area (Å²) in [7, 11) is 0. The molecule has 7 aromatic rings. The van der Waals surface area contributed by atoms with Gasteiger partial charge in [-0.15, -0.1) is 0 Å². The standard InChI is InChI=1S/C33H14F10N4/c34-18-8-5-9-19(35)23(18)22(16-12-46(20-10-3-1-6-14(16)20)28-24(36)30(40)44-31(41)25(28)37)17-13-47(21-11-4-2-7-15(17)21)29-26(38)32(42)45-33(43)27(29)39/h1-13,22H. The van der Waals surface area contributed by atoms with Crippen molar-refractivity contribution in [2.45, 2.75) is 5.92 Å². The lowest BCUT2D eigenvalue weighted by atomic mass is 9.84. The van der Waals surface area contributed by atoms with E-state index >= 15 is 26.3 Å². The van der Waals surface area contributed by atoms with Crippen LogP contribution in [0.5, 0.6) is 0 Å². The van der Waals surface area contributed by atoms with Crippen molar-refractivity contribution in [3.05, 3.63) is 155 Å². The first-order valence-electron chi connectivity index (χ1n) is 13.5. The Morgan fingerprint density at radius 1 is 0.447 bits per heavy atom. The van der Waals surface area contributed by atoms with Gasteiger partial charge in [-0.1, -0.05) is 42.5 Å². The van der Waals surface area contributed by atoms with Crippen LogP contribution in [0.25, 0.3) is 33.2 Å². The fraction of sp³-hybridized carbons (Fsp3) is 0.0303. The number of hydrogen-bond donors (Lipinski definition) is 0. The van der Waals surface area contributed by atoms with Gasteiger partial charge in [0.1, 0.15) is 23.0 Å². The minimum absolute atomic E-state index is 0.0637. The van der Waals surface area contributed by atoms with Gasteiger partial charge in [-0.05, 0) is 35.4 Å². The first-order valence-corrected chi connectivity index (χ1v) is 13.5. The SMILES string of the molecule is Fc1cccc(F)c1C(c1cn(-c2c(F)c(F)nc(F)c2F)c2ccccc12)c1cn(-c2c(F)c(F)nc(F)c2F)c2ccccc12. The van der Waals surface area contributed by atoms with Gasteiger partial charge in [-0.3, -0.25) is 0 Å². The van der Waals surface area contributed by atoms with E-state index in [1.165, 1.54) is 48.5 Å². The van der Waals surface area contributed by atoms with Gasteiger partial charge in [0.15, 0.2) is 0 Å². The number of nitrogens with zero attached hydrogens (tertiary/aromatic N) is 4. The lowest BCUT2D eigenvalue weighted by Gasteiger charge is -2.19.